The average Bonchev–Trinajstić information content (AvgIpc) is 2.92. The fraction of sp³-hybridized carbons (Fsp3) is 0.200. The van der Waals surface area contributed by atoms with Crippen LogP contribution in [0.2, 0.25) is 10.0 Å². The summed E-state index contributed by atoms with van der Waals surface area (Å²) in [7, 11) is 0. The molecule has 0 spiro atoms. The van der Waals surface area contributed by atoms with Crippen molar-refractivity contribution in [1.82, 2.24) is 5.32 Å². The first kappa shape index (κ1) is 16.9. The third kappa shape index (κ3) is 3.66. The van der Waals surface area contributed by atoms with Crippen molar-refractivity contribution in [1.29, 1.82) is 0 Å². The Morgan fingerprint density at radius 3 is 2.41 bits per heavy atom. The van der Waals surface area contributed by atoms with Crippen LogP contribution in [0.25, 0.3) is 0 Å². The van der Waals surface area contributed by atoms with Crippen LogP contribution in [0.15, 0.2) is 24.3 Å². The lowest BCUT2D eigenvalue weighted by atomic mass is 10.1. The zero-order chi connectivity index (χ0) is 16.4. The summed E-state index contributed by atoms with van der Waals surface area (Å²) in [4.78, 5) is 24.3. The molecule has 2 rings (SSSR count). The van der Waals surface area contributed by atoms with Gasteiger partial charge in [0.1, 0.15) is 5.82 Å². The Morgan fingerprint density at radius 2 is 1.82 bits per heavy atom. The van der Waals surface area contributed by atoms with Crippen LogP contribution in [0.5, 0.6) is 0 Å². The molecule has 116 valence electrons. The van der Waals surface area contributed by atoms with Crippen molar-refractivity contribution in [3.8, 4) is 0 Å². The number of rotatable bonds is 4. The van der Waals surface area contributed by atoms with Crippen molar-refractivity contribution in [3.63, 3.8) is 0 Å². The molecule has 0 unspecified atom stereocenters. The summed E-state index contributed by atoms with van der Waals surface area (Å²) in [5.74, 6) is -1.05. The minimum atomic E-state index is -0.600. The van der Waals surface area contributed by atoms with E-state index in [0.29, 0.717) is 15.3 Å². The second-order valence-corrected chi connectivity index (χ2v) is 6.60. The highest BCUT2D eigenvalue weighted by Crippen LogP contribution is 2.29. The summed E-state index contributed by atoms with van der Waals surface area (Å²) < 4.78 is 13.5. The van der Waals surface area contributed by atoms with E-state index in [1.165, 1.54) is 19.1 Å². The van der Waals surface area contributed by atoms with Gasteiger partial charge < -0.3 is 5.32 Å². The second-order valence-electron chi connectivity index (χ2n) is 4.70. The zero-order valence-electron chi connectivity index (χ0n) is 11.7. The number of carbonyl (C=O) groups excluding carboxylic acids is 2. The van der Waals surface area contributed by atoms with Gasteiger partial charge in [0.25, 0.3) is 5.91 Å². The predicted octanol–water partition coefficient (Wildman–Crippen LogP) is 4.89. The van der Waals surface area contributed by atoms with E-state index < -0.39 is 11.9 Å². The number of halogens is 3. The molecule has 0 aliphatic heterocycles. The van der Waals surface area contributed by atoms with Crippen molar-refractivity contribution >= 4 is 46.2 Å². The van der Waals surface area contributed by atoms with E-state index in [0.717, 1.165) is 11.3 Å². The van der Waals surface area contributed by atoms with E-state index >= 15 is 0 Å². The number of carbonyl (C=O) groups is 2. The Kier molecular flexibility index (Phi) is 5.21. The van der Waals surface area contributed by atoms with Gasteiger partial charge in [-0.05, 0) is 43.7 Å². The Hall–Kier alpha value is -1.43. The lowest BCUT2D eigenvalue weighted by Crippen LogP contribution is -2.26. The SMILES string of the molecule is CC(=O)c1ccc(C(=O)N[C@H](C)c2cc(F)c(Cl)cc2Cl)s1. The first-order valence-corrected chi connectivity index (χ1v) is 7.93. The molecule has 1 aromatic heterocycles. The number of hydrogen-bond donors (Lipinski definition) is 1. The van der Waals surface area contributed by atoms with Crippen LogP contribution in [-0.2, 0) is 0 Å². The van der Waals surface area contributed by atoms with Gasteiger partial charge in [0, 0.05) is 5.02 Å². The molecule has 1 aromatic carbocycles. The zero-order valence-corrected chi connectivity index (χ0v) is 14.1. The topological polar surface area (TPSA) is 46.2 Å². The summed E-state index contributed by atoms with van der Waals surface area (Å²) in [5.41, 5.74) is 0.431. The number of nitrogens with one attached hydrogen (secondary N) is 1. The number of hydrogen-bond acceptors (Lipinski definition) is 3. The molecule has 22 heavy (non-hydrogen) atoms. The molecular formula is C15H12Cl2FNO2S. The fourth-order valence-electron chi connectivity index (χ4n) is 1.86. The Labute approximate surface area is 141 Å². The highest BCUT2D eigenvalue weighted by molar-refractivity contribution is 7.15. The monoisotopic (exact) mass is 359 g/mol. The van der Waals surface area contributed by atoms with Crippen molar-refractivity contribution in [3.05, 3.63) is 55.4 Å². The summed E-state index contributed by atoms with van der Waals surface area (Å²) >= 11 is 12.8. The number of Topliss-reactive ketones (excluding diaryl/α,β-unsaturated/α-hetero) is 1. The lowest BCUT2D eigenvalue weighted by Gasteiger charge is -2.15. The van der Waals surface area contributed by atoms with Gasteiger partial charge in [-0.25, -0.2) is 4.39 Å². The first-order chi connectivity index (χ1) is 10.3. The molecule has 0 saturated carbocycles. The average molecular weight is 360 g/mol. The fourth-order valence-corrected chi connectivity index (χ4v) is 3.22. The lowest BCUT2D eigenvalue weighted by molar-refractivity contribution is 0.0943. The molecule has 1 amide bonds. The van der Waals surface area contributed by atoms with Crippen molar-refractivity contribution in [2.75, 3.05) is 0 Å². The molecule has 1 heterocycles. The smallest absolute Gasteiger partial charge is 0.261 e. The standard InChI is InChI=1S/C15H12Cl2FNO2S/c1-7(9-5-12(18)11(17)6-10(9)16)19-15(21)14-4-3-13(22-14)8(2)20/h3-7H,1-2H3,(H,19,21)/t7-/m1/s1. The molecular weight excluding hydrogens is 348 g/mol. The van der Waals surface area contributed by atoms with E-state index in [2.05, 4.69) is 5.32 Å². The maximum Gasteiger partial charge on any atom is 0.261 e. The van der Waals surface area contributed by atoms with E-state index in [1.807, 2.05) is 0 Å². The number of thiophene rings is 1. The Morgan fingerprint density at radius 1 is 1.18 bits per heavy atom. The number of benzene rings is 1. The van der Waals surface area contributed by atoms with Crippen LogP contribution in [0.1, 0.15) is 44.8 Å². The quantitative estimate of drug-likeness (QED) is 0.624. The summed E-state index contributed by atoms with van der Waals surface area (Å²) in [6, 6.07) is 5.17. The molecule has 0 fully saturated rings. The Balaban J connectivity index is 2.17. The molecule has 7 heteroatoms. The van der Waals surface area contributed by atoms with Crippen LogP contribution < -0.4 is 5.32 Å². The maximum atomic E-state index is 13.5. The van der Waals surface area contributed by atoms with Gasteiger partial charge >= 0.3 is 0 Å². The third-order valence-electron chi connectivity index (χ3n) is 3.03. The number of ketones is 1. The molecule has 3 nitrogen and oxygen atoms in total. The summed E-state index contributed by atoms with van der Waals surface area (Å²) in [6.07, 6.45) is 0. The van der Waals surface area contributed by atoms with E-state index in [9.17, 15) is 14.0 Å². The third-order valence-corrected chi connectivity index (χ3v) is 4.83. The van der Waals surface area contributed by atoms with Gasteiger partial charge in [-0.3, -0.25) is 9.59 Å². The number of amides is 1. The van der Waals surface area contributed by atoms with Crippen molar-refractivity contribution < 1.29 is 14.0 Å². The maximum absolute atomic E-state index is 13.5. The van der Waals surface area contributed by atoms with Crippen LogP contribution in [0.4, 0.5) is 4.39 Å². The highest BCUT2D eigenvalue weighted by Gasteiger charge is 2.18. The molecule has 0 radical (unpaired) electrons. The molecule has 0 aliphatic rings. The van der Waals surface area contributed by atoms with Crippen LogP contribution in [0, 0.1) is 5.82 Å². The minimum Gasteiger partial charge on any atom is -0.345 e. The molecule has 0 aliphatic carbocycles. The molecule has 1 atom stereocenters. The second kappa shape index (κ2) is 6.77. The summed E-state index contributed by atoms with van der Waals surface area (Å²) in [6.45, 7) is 3.12. The van der Waals surface area contributed by atoms with Gasteiger partial charge in [0.05, 0.1) is 20.8 Å². The molecule has 0 bridgehead atoms. The molecule has 2 aromatic rings. The summed E-state index contributed by atoms with van der Waals surface area (Å²) in [5, 5.41) is 2.92. The van der Waals surface area contributed by atoms with Gasteiger partial charge in [-0.1, -0.05) is 23.2 Å². The van der Waals surface area contributed by atoms with Crippen molar-refractivity contribution in [2.24, 2.45) is 0 Å². The van der Waals surface area contributed by atoms with Gasteiger partial charge in [-0.15, -0.1) is 11.3 Å². The van der Waals surface area contributed by atoms with E-state index in [4.69, 9.17) is 23.2 Å². The van der Waals surface area contributed by atoms with Crippen LogP contribution in [0.3, 0.4) is 0 Å². The molecule has 0 saturated heterocycles. The minimum absolute atomic E-state index is 0.0726. The van der Waals surface area contributed by atoms with Crippen molar-refractivity contribution in [2.45, 2.75) is 19.9 Å². The van der Waals surface area contributed by atoms with Crippen LogP contribution in [-0.4, -0.2) is 11.7 Å². The first-order valence-electron chi connectivity index (χ1n) is 6.35. The molecule has 1 N–H and O–H groups in total. The normalized spacial score (nSPS) is 12.0. The van der Waals surface area contributed by atoms with E-state index in [1.54, 1.807) is 19.1 Å². The largest absolute Gasteiger partial charge is 0.345 e. The van der Waals surface area contributed by atoms with Gasteiger partial charge in [-0.2, -0.15) is 0 Å². The van der Waals surface area contributed by atoms with Gasteiger partial charge in [0.2, 0.25) is 0 Å². The van der Waals surface area contributed by atoms with Crippen LogP contribution >= 0.6 is 34.5 Å². The Bertz CT molecular complexity index is 745. The predicted molar refractivity (Wildman–Crippen MR) is 86.6 cm³/mol. The highest BCUT2D eigenvalue weighted by atomic mass is 35.5. The van der Waals surface area contributed by atoms with Gasteiger partial charge in [0.15, 0.2) is 5.78 Å². The van der Waals surface area contributed by atoms with E-state index in [-0.39, 0.29) is 21.7 Å².